The molecule has 0 unspecified atom stereocenters. The fraction of sp³-hybridized carbons (Fsp3) is 0.562. The molecule has 0 aromatic heterocycles. The molecule has 1 aromatic rings. The lowest BCUT2D eigenvalue weighted by atomic mass is 9.73. The Morgan fingerprint density at radius 3 is 2.35 bits per heavy atom. The third-order valence-corrected chi connectivity index (χ3v) is 4.41. The van der Waals surface area contributed by atoms with Gasteiger partial charge < -0.3 is 0 Å². The van der Waals surface area contributed by atoms with Gasteiger partial charge >= 0.3 is 0 Å². The Morgan fingerprint density at radius 1 is 1.25 bits per heavy atom. The Bertz CT molecular complexity index is 519. The summed E-state index contributed by atoms with van der Waals surface area (Å²) in [6.45, 7) is 4.14. The van der Waals surface area contributed by atoms with Crippen molar-refractivity contribution < 1.29 is 13.6 Å². The van der Waals surface area contributed by atoms with Gasteiger partial charge in [0.05, 0.1) is 5.02 Å². The minimum atomic E-state index is -1.02. The van der Waals surface area contributed by atoms with Crippen LogP contribution < -0.4 is 0 Å². The molecule has 0 heterocycles. The maximum absolute atomic E-state index is 13.4. The van der Waals surface area contributed by atoms with E-state index in [2.05, 4.69) is 13.8 Å². The number of halogens is 3. The van der Waals surface area contributed by atoms with Gasteiger partial charge in [0.15, 0.2) is 17.4 Å². The second kappa shape index (κ2) is 5.80. The van der Waals surface area contributed by atoms with Crippen molar-refractivity contribution in [3.8, 4) is 0 Å². The summed E-state index contributed by atoms with van der Waals surface area (Å²) in [5.41, 5.74) is -0.338. The number of Topliss-reactive ketones (excluding diaryl/α,β-unsaturated/α-hetero) is 1. The lowest BCUT2D eigenvalue weighted by Crippen LogP contribution is -2.30. The van der Waals surface area contributed by atoms with Crippen molar-refractivity contribution >= 4 is 17.4 Å². The summed E-state index contributed by atoms with van der Waals surface area (Å²) < 4.78 is 26.5. The van der Waals surface area contributed by atoms with Crippen LogP contribution in [0.3, 0.4) is 0 Å². The van der Waals surface area contributed by atoms with Crippen LogP contribution in [0.1, 0.15) is 56.3 Å². The Kier molecular flexibility index (Phi) is 4.48. The fourth-order valence-corrected chi connectivity index (χ4v) is 3.58. The number of hydrogen-bond donors (Lipinski definition) is 0. The summed E-state index contributed by atoms with van der Waals surface area (Å²) >= 11 is 5.95. The van der Waals surface area contributed by atoms with Crippen LogP contribution in [0.4, 0.5) is 8.78 Å². The summed E-state index contributed by atoms with van der Waals surface area (Å²) in [7, 11) is 0. The van der Waals surface area contributed by atoms with Crippen LogP contribution in [0, 0.1) is 23.0 Å². The molecule has 0 atom stereocenters. The molecular weight excluding hydrogens is 282 g/mol. The summed E-state index contributed by atoms with van der Waals surface area (Å²) in [5.74, 6) is -1.79. The normalized spacial score (nSPS) is 17.7. The molecule has 1 nitrogen and oxygen atoms in total. The van der Waals surface area contributed by atoms with E-state index >= 15 is 0 Å². The highest BCUT2D eigenvalue weighted by atomic mass is 35.5. The van der Waals surface area contributed by atoms with Gasteiger partial charge in [0, 0.05) is 11.0 Å². The number of hydrogen-bond acceptors (Lipinski definition) is 1. The molecule has 1 saturated carbocycles. The van der Waals surface area contributed by atoms with E-state index in [1.54, 1.807) is 0 Å². The Hall–Kier alpha value is -0.960. The van der Waals surface area contributed by atoms with Crippen LogP contribution in [0.2, 0.25) is 5.02 Å². The van der Waals surface area contributed by atoms with Gasteiger partial charge in [-0.1, -0.05) is 38.3 Å². The van der Waals surface area contributed by atoms with Crippen LogP contribution in [-0.2, 0) is 0 Å². The van der Waals surface area contributed by atoms with Crippen LogP contribution in [0.5, 0.6) is 0 Å². The van der Waals surface area contributed by atoms with E-state index < -0.39 is 17.0 Å². The molecule has 1 aliphatic rings. The van der Waals surface area contributed by atoms with Gasteiger partial charge in [-0.25, -0.2) is 8.78 Å². The maximum Gasteiger partial charge on any atom is 0.170 e. The molecule has 0 bridgehead atoms. The van der Waals surface area contributed by atoms with Gasteiger partial charge in [0.25, 0.3) is 0 Å². The molecule has 0 N–H and O–H groups in total. The van der Waals surface area contributed by atoms with Crippen molar-refractivity contribution in [3.63, 3.8) is 0 Å². The summed E-state index contributed by atoms with van der Waals surface area (Å²) in [4.78, 5) is 12.8. The topological polar surface area (TPSA) is 17.1 Å². The molecular formula is C16H19ClF2O. The maximum atomic E-state index is 13.4. The predicted octanol–water partition coefficient (Wildman–Crippen LogP) is 5.41. The average Bonchev–Trinajstić information content (AvgIpc) is 2.81. The van der Waals surface area contributed by atoms with Crippen molar-refractivity contribution in [2.45, 2.75) is 46.0 Å². The molecule has 0 aliphatic heterocycles. The molecule has 0 amide bonds. The molecule has 1 aliphatic carbocycles. The summed E-state index contributed by atoms with van der Waals surface area (Å²) in [6, 6.07) is 1.84. The van der Waals surface area contributed by atoms with Crippen LogP contribution >= 0.6 is 11.6 Å². The Labute approximate surface area is 123 Å². The zero-order chi connectivity index (χ0) is 14.9. The smallest absolute Gasteiger partial charge is 0.170 e. The molecule has 4 heteroatoms. The minimum absolute atomic E-state index is 0.00364. The van der Waals surface area contributed by atoms with Gasteiger partial charge in [-0.05, 0) is 37.3 Å². The zero-order valence-corrected chi connectivity index (χ0v) is 12.6. The van der Waals surface area contributed by atoms with Crippen LogP contribution in [-0.4, -0.2) is 5.78 Å². The predicted molar refractivity (Wildman–Crippen MR) is 76.1 cm³/mol. The molecule has 1 aromatic carbocycles. The third kappa shape index (κ3) is 2.88. The van der Waals surface area contributed by atoms with Crippen molar-refractivity contribution in [2.75, 3.05) is 0 Å². The lowest BCUT2D eigenvalue weighted by Gasteiger charge is -2.29. The van der Waals surface area contributed by atoms with E-state index in [4.69, 9.17) is 11.6 Å². The van der Waals surface area contributed by atoms with Crippen LogP contribution in [0.15, 0.2) is 12.1 Å². The first-order chi connectivity index (χ1) is 9.35. The molecule has 1 fully saturated rings. The van der Waals surface area contributed by atoms with Gasteiger partial charge in [0.1, 0.15) is 0 Å². The molecule has 0 spiro atoms. The lowest BCUT2D eigenvalue weighted by molar-refractivity contribution is 0.0759. The van der Waals surface area contributed by atoms with Gasteiger partial charge in [0.2, 0.25) is 0 Å². The molecule has 20 heavy (non-hydrogen) atoms. The fourth-order valence-electron chi connectivity index (χ4n) is 3.34. The Morgan fingerprint density at radius 2 is 1.80 bits per heavy atom. The Balaban J connectivity index is 2.40. The number of carbonyl (C=O) groups is 1. The minimum Gasteiger partial charge on any atom is -0.293 e. The van der Waals surface area contributed by atoms with E-state index in [0.29, 0.717) is 5.92 Å². The van der Waals surface area contributed by atoms with E-state index in [9.17, 15) is 13.6 Å². The third-order valence-electron chi connectivity index (χ3n) is 4.10. The monoisotopic (exact) mass is 300 g/mol. The van der Waals surface area contributed by atoms with Gasteiger partial charge in [-0.3, -0.25) is 4.79 Å². The van der Waals surface area contributed by atoms with Gasteiger partial charge in [-0.2, -0.15) is 0 Å². The van der Waals surface area contributed by atoms with Crippen molar-refractivity contribution in [2.24, 2.45) is 11.3 Å². The highest BCUT2D eigenvalue weighted by Gasteiger charge is 2.42. The first-order valence-corrected chi connectivity index (χ1v) is 7.43. The largest absolute Gasteiger partial charge is 0.293 e. The first-order valence-electron chi connectivity index (χ1n) is 7.05. The van der Waals surface area contributed by atoms with Crippen molar-refractivity contribution in [1.82, 2.24) is 0 Å². The standard InChI is InChI=1S/C16H19ClF2O/c1-10(2)9-16(5-3-4-6-16)15(20)11-7-13(18)14(19)8-12(11)17/h7-8,10H,3-6,9H2,1-2H3. The van der Waals surface area contributed by atoms with E-state index in [0.717, 1.165) is 44.2 Å². The van der Waals surface area contributed by atoms with E-state index in [1.165, 1.54) is 0 Å². The average molecular weight is 301 g/mol. The molecule has 0 radical (unpaired) electrons. The first kappa shape index (κ1) is 15.4. The number of carbonyl (C=O) groups excluding carboxylic acids is 1. The number of rotatable bonds is 4. The second-order valence-electron chi connectivity index (χ2n) is 6.16. The van der Waals surface area contributed by atoms with Gasteiger partial charge in [-0.15, -0.1) is 0 Å². The summed E-state index contributed by atoms with van der Waals surface area (Å²) in [6.07, 6.45) is 4.37. The quantitative estimate of drug-likeness (QED) is 0.537. The molecule has 2 rings (SSSR count). The number of benzene rings is 1. The SMILES string of the molecule is CC(C)CC1(C(=O)c2cc(F)c(F)cc2Cl)CCCC1. The van der Waals surface area contributed by atoms with E-state index in [-0.39, 0.29) is 16.4 Å². The highest BCUT2D eigenvalue weighted by molar-refractivity contribution is 6.34. The summed E-state index contributed by atoms with van der Waals surface area (Å²) in [5, 5.41) is 0.00364. The van der Waals surface area contributed by atoms with E-state index in [1.807, 2.05) is 0 Å². The number of ketones is 1. The molecule has 0 saturated heterocycles. The van der Waals surface area contributed by atoms with Crippen LogP contribution in [0.25, 0.3) is 0 Å². The molecule has 110 valence electrons. The van der Waals surface area contributed by atoms with Crippen molar-refractivity contribution in [1.29, 1.82) is 0 Å². The zero-order valence-electron chi connectivity index (χ0n) is 11.8. The highest BCUT2D eigenvalue weighted by Crippen LogP contribution is 2.46. The second-order valence-corrected chi connectivity index (χ2v) is 6.57. The van der Waals surface area contributed by atoms with Crippen molar-refractivity contribution in [3.05, 3.63) is 34.4 Å².